The zero-order valence-corrected chi connectivity index (χ0v) is 46.8. The van der Waals surface area contributed by atoms with Crippen molar-refractivity contribution in [2.24, 2.45) is 0 Å². The van der Waals surface area contributed by atoms with Crippen LogP contribution in [0.5, 0.6) is 0 Å². The van der Waals surface area contributed by atoms with Crippen molar-refractivity contribution in [2.75, 3.05) is 0 Å². The van der Waals surface area contributed by atoms with Crippen LogP contribution >= 0.6 is 0 Å². The molecule has 8 nitrogen and oxygen atoms in total. The second-order valence-electron chi connectivity index (χ2n) is 21.8. The molecule has 0 aliphatic heterocycles. The van der Waals surface area contributed by atoms with Gasteiger partial charge in [0.05, 0.1) is 50.7 Å². The van der Waals surface area contributed by atoms with E-state index in [-0.39, 0.29) is 0 Å². The van der Waals surface area contributed by atoms with E-state index in [1.165, 1.54) is 42.3 Å². The predicted octanol–water partition coefficient (Wildman–Crippen LogP) is 15.9. The first-order valence-electron chi connectivity index (χ1n) is 28.6. The highest BCUT2D eigenvalue weighted by Gasteiger charge is 2.41. The van der Waals surface area contributed by atoms with Crippen LogP contribution in [-0.2, 0) is 0 Å². The van der Waals surface area contributed by atoms with E-state index in [0.717, 1.165) is 82.6 Å². The molecule has 0 spiro atoms. The summed E-state index contributed by atoms with van der Waals surface area (Å²) in [6.45, 7) is 8.02. The monoisotopic (exact) mass is 1100 g/mol. The van der Waals surface area contributed by atoms with Crippen molar-refractivity contribution in [1.82, 2.24) is 33.2 Å². The van der Waals surface area contributed by atoms with Gasteiger partial charge in [-0.25, -0.2) is 4.85 Å². The van der Waals surface area contributed by atoms with Crippen LogP contribution in [0.4, 0.5) is 5.69 Å². The van der Waals surface area contributed by atoms with E-state index in [0.29, 0.717) is 23.4 Å². The van der Waals surface area contributed by atoms with Crippen LogP contribution in [0.2, 0.25) is 0 Å². The van der Waals surface area contributed by atoms with Crippen LogP contribution in [-0.4, -0.2) is 41.3 Å². The normalized spacial score (nSPS) is 12.0. The van der Waals surface area contributed by atoms with Gasteiger partial charge in [0.2, 0.25) is 11.9 Å². The topological polar surface area (TPSA) is 62.8 Å². The summed E-state index contributed by atoms with van der Waals surface area (Å²) in [5, 5.41) is 13.9. The molecule has 0 N–H and O–H groups in total. The molecular weight excluding hydrogens is 1050 g/mol. The molecule has 0 bridgehead atoms. The third-order valence-corrected chi connectivity index (χ3v) is 22.2. The molecule has 0 saturated carbocycles. The fraction of sp³-hybridized carbons (Fsp3) is 0. The van der Waals surface area contributed by atoms with E-state index in [4.69, 9.17) is 21.5 Å². The largest absolute Gasteiger partial charge is 0.309 e. The molecule has 5 aromatic heterocycles. The van der Waals surface area contributed by atoms with Crippen molar-refractivity contribution in [3.8, 4) is 34.7 Å². The average Bonchev–Trinajstić information content (AvgIpc) is 3.63. The molecule has 85 heavy (non-hydrogen) atoms. The molecule has 0 aliphatic carbocycles. The van der Waals surface area contributed by atoms with Crippen LogP contribution in [0.1, 0.15) is 0 Å². The molecule has 17 aromatic rings. The Hall–Kier alpha value is -11.4. The lowest BCUT2D eigenvalue weighted by Gasteiger charge is -2.34. The van der Waals surface area contributed by atoms with Gasteiger partial charge in [0, 0.05) is 54.6 Å². The fourth-order valence-electron chi connectivity index (χ4n) is 13.8. The van der Waals surface area contributed by atoms with Crippen molar-refractivity contribution in [1.29, 1.82) is 0 Å². The van der Waals surface area contributed by atoms with Crippen molar-refractivity contribution in [3.05, 3.63) is 303 Å². The Morgan fingerprint density at radius 2 is 0.612 bits per heavy atom. The lowest BCUT2D eigenvalue weighted by Crippen LogP contribution is -2.74. The van der Waals surface area contributed by atoms with Crippen molar-refractivity contribution >= 4 is 122 Å². The third kappa shape index (κ3) is 7.29. The Morgan fingerprint density at radius 3 is 1.04 bits per heavy atom. The zero-order chi connectivity index (χ0) is 56.2. The molecule has 0 radical (unpaired) electrons. The maximum atomic E-state index is 8.02. The lowest BCUT2D eigenvalue weighted by molar-refractivity contribution is 0.893. The number of hydrogen-bond donors (Lipinski definition) is 0. The molecule has 0 amide bonds. The smallest absolute Gasteiger partial charge is 0.240 e. The second-order valence-corrected chi connectivity index (χ2v) is 25.6. The maximum Gasteiger partial charge on any atom is 0.240 e. The van der Waals surface area contributed by atoms with Crippen molar-refractivity contribution in [2.45, 2.75) is 0 Å². The van der Waals surface area contributed by atoms with Gasteiger partial charge in [0.25, 0.3) is 0 Å². The van der Waals surface area contributed by atoms with Gasteiger partial charge in [-0.2, -0.15) is 15.0 Å². The van der Waals surface area contributed by atoms with E-state index in [9.17, 15) is 0 Å². The van der Waals surface area contributed by atoms with Gasteiger partial charge in [-0.05, 0) is 105 Å². The summed E-state index contributed by atoms with van der Waals surface area (Å²) in [5.74, 6) is 1.46. The number of hydrogen-bond acceptors (Lipinski definition) is 3. The summed E-state index contributed by atoms with van der Waals surface area (Å²) in [7, 11) is -2.99. The van der Waals surface area contributed by atoms with Gasteiger partial charge >= 0.3 is 0 Å². The average molecular weight is 1100 g/mol. The predicted molar refractivity (Wildman–Crippen MR) is 352 cm³/mol. The van der Waals surface area contributed by atoms with E-state index in [1.54, 1.807) is 0 Å². The Labute approximate surface area is 489 Å². The zero-order valence-electron chi connectivity index (χ0n) is 45.8. The van der Waals surface area contributed by atoms with Crippen LogP contribution < -0.4 is 20.7 Å². The third-order valence-electron chi connectivity index (χ3n) is 17.4. The summed E-state index contributed by atoms with van der Waals surface area (Å²) in [4.78, 5) is 20.8. The van der Waals surface area contributed by atoms with Gasteiger partial charge < -0.3 is 9.13 Å². The minimum Gasteiger partial charge on any atom is -0.309 e. The molecule has 9 heteroatoms. The van der Waals surface area contributed by atoms with E-state index in [1.807, 2.05) is 24.3 Å². The second kappa shape index (κ2) is 19.1. The minimum atomic E-state index is -2.99. The first-order chi connectivity index (χ1) is 42.1. The van der Waals surface area contributed by atoms with Gasteiger partial charge in [-0.3, -0.25) is 9.13 Å². The summed E-state index contributed by atoms with van der Waals surface area (Å²) in [5.41, 5.74) is 11.8. The fourth-order valence-corrected chi connectivity index (χ4v) is 18.6. The highest BCUT2D eigenvalue weighted by molar-refractivity contribution is 7.19. The van der Waals surface area contributed by atoms with Crippen molar-refractivity contribution < 1.29 is 0 Å². The van der Waals surface area contributed by atoms with Crippen LogP contribution in [0, 0.1) is 6.57 Å². The lowest BCUT2D eigenvalue weighted by atomic mass is 10.1. The summed E-state index contributed by atoms with van der Waals surface area (Å²) >= 11 is 0. The van der Waals surface area contributed by atoms with E-state index >= 15 is 0 Å². The summed E-state index contributed by atoms with van der Waals surface area (Å²) in [6, 6.07) is 105. The minimum absolute atomic E-state index is 0.462. The Kier molecular flexibility index (Phi) is 10.8. The Morgan fingerprint density at radius 1 is 0.271 bits per heavy atom. The molecule has 0 saturated heterocycles. The number of rotatable bonds is 9. The standard InChI is InChI=1S/C76H48N8Si/c1-77-51-40-43-71-63(47-51)62-34-15-20-39-70(62)83(71)75-78-74(50-22-21-29-57(46-50)85(54-23-5-2-6-24-54,55-25-7-3-8-26-55)56-27-9-4-10-28-56)79-76(80-75)84-72-44-41-52(81-66-35-16-11-30-58(66)59-31-12-17-36-67(59)81)48-64(72)65-49-53(42-45-73(65)84)82-68-37-18-13-32-60(68)61-33-14-19-38-69(61)82/h2-49H. The van der Waals surface area contributed by atoms with Crippen LogP contribution in [0.3, 0.4) is 0 Å². The van der Waals surface area contributed by atoms with Gasteiger partial charge in [0.15, 0.2) is 19.6 Å². The molecule has 0 unspecified atom stereocenters. The first-order valence-corrected chi connectivity index (χ1v) is 30.6. The Bertz CT molecular complexity index is 5200. The van der Waals surface area contributed by atoms with Gasteiger partial charge in [-0.1, -0.05) is 212 Å². The molecule has 5 heterocycles. The highest BCUT2D eigenvalue weighted by Crippen LogP contribution is 2.41. The van der Waals surface area contributed by atoms with Crippen molar-refractivity contribution in [3.63, 3.8) is 0 Å². The van der Waals surface area contributed by atoms with E-state index in [2.05, 4.69) is 290 Å². The van der Waals surface area contributed by atoms with Crippen LogP contribution in [0.25, 0.3) is 127 Å². The van der Waals surface area contributed by atoms with Crippen LogP contribution in [0.15, 0.2) is 291 Å². The molecule has 0 aliphatic rings. The SMILES string of the molecule is [C-]#[N+]c1ccc2c(c1)c1ccccc1n2-c1nc(-c2cccc([Si](c3ccccc3)(c3ccccc3)c3ccccc3)c2)nc(-n2c3ccc(-n4c5ccccc5c5ccccc54)cc3c3cc(-n4c5ccccc5c5ccccc54)ccc32)n1. The molecule has 17 rings (SSSR count). The molecule has 0 atom stereocenters. The summed E-state index contributed by atoms with van der Waals surface area (Å²) < 4.78 is 9.15. The molecule has 12 aromatic carbocycles. The first kappa shape index (κ1) is 48.3. The molecular formula is C76H48N8Si. The molecule has 396 valence electrons. The van der Waals surface area contributed by atoms with Gasteiger partial charge in [0.1, 0.15) is 0 Å². The van der Waals surface area contributed by atoms with E-state index < -0.39 is 8.07 Å². The van der Waals surface area contributed by atoms with Gasteiger partial charge in [-0.15, -0.1) is 0 Å². The summed E-state index contributed by atoms with van der Waals surface area (Å²) in [6.07, 6.45) is 0. The number of fused-ring (bicyclic) bond motifs is 12. The number of nitrogens with zero attached hydrogens (tertiary/aromatic N) is 8. The number of aromatic nitrogens is 7. The quantitative estimate of drug-likeness (QED) is 0.0822. The number of benzene rings is 12. The maximum absolute atomic E-state index is 8.02. The molecule has 0 fully saturated rings. The number of para-hydroxylation sites is 5. The highest BCUT2D eigenvalue weighted by atomic mass is 28.3. The Balaban J connectivity index is 0.968.